The molecule has 84 valence electrons. The minimum absolute atomic E-state index is 0.137. The van der Waals surface area contributed by atoms with E-state index in [2.05, 4.69) is 36.4 Å². The lowest BCUT2D eigenvalue weighted by Crippen LogP contribution is -2.06. The highest BCUT2D eigenvalue weighted by Crippen LogP contribution is 2.37. The van der Waals surface area contributed by atoms with E-state index in [4.69, 9.17) is 0 Å². The first-order valence-corrected chi connectivity index (χ1v) is 6.35. The number of rotatable bonds is 2. The first-order chi connectivity index (χ1) is 7.48. The highest BCUT2D eigenvalue weighted by Gasteiger charge is 2.22. The zero-order valence-corrected chi connectivity index (χ0v) is 11.3. The van der Waals surface area contributed by atoms with Crippen molar-refractivity contribution in [3.8, 4) is 10.6 Å². The van der Waals surface area contributed by atoms with Gasteiger partial charge in [-0.2, -0.15) is 12.6 Å². The van der Waals surface area contributed by atoms with E-state index >= 15 is 0 Å². The Bertz CT molecular complexity index is 483. The predicted molar refractivity (Wildman–Crippen MR) is 72.1 cm³/mol. The van der Waals surface area contributed by atoms with Crippen molar-refractivity contribution < 1.29 is 0 Å². The molecular formula is C12H14N2S2. The standard InChI is InChI=1S/C12H14N2S2/c1-8-10(12(2,3)15)16-11(14-8)9-5-4-6-13-7-9/h4-7,15H,1-3H3. The summed E-state index contributed by atoms with van der Waals surface area (Å²) in [6.07, 6.45) is 3.61. The molecule has 2 heterocycles. The van der Waals surface area contributed by atoms with Crippen LogP contribution in [0.5, 0.6) is 0 Å². The van der Waals surface area contributed by atoms with Crippen LogP contribution in [0.15, 0.2) is 24.5 Å². The van der Waals surface area contributed by atoms with Crippen LogP contribution in [0.3, 0.4) is 0 Å². The average molecular weight is 250 g/mol. The molecule has 4 heteroatoms. The molecule has 2 aromatic heterocycles. The molecule has 16 heavy (non-hydrogen) atoms. The second-order valence-electron chi connectivity index (χ2n) is 4.23. The maximum Gasteiger partial charge on any atom is 0.125 e. The van der Waals surface area contributed by atoms with Gasteiger partial charge in [-0.1, -0.05) is 0 Å². The molecular weight excluding hydrogens is 236 g/mol. The van der Waals surface area contributed by atoms with Crippen molar-refractivity contribution in [2.75, 3.05) is 0 Å². The van der Waals surface area contributed by atoms with Crippen LogP contribution in [0.4, 0.5) is 0 Å². The summed E-state index contributed by atoms with van der Waals surface area (Å²) in [6, 6.07) is 3.96. The Balaban J connectivity index is 2.47. The van der Waals surface area contributed by atoms with Crippen molar-refractivity contribution in [2.45, 2.75) is 25.5 Å². The highest BCUT2D eigenvalue weighted by molar-refractivity contribution is 7.81. The lowest BCUT2D eigenvalue weighted by atomic mass is 10.1. The lowest BCUT2D eigenvalue weighted by molar-refractivity contribution is 0.799. The van der Waals surface area contributed by atoms with E-state index in [0.717, 1.165) is 16.3 Å². The van der Waals surface area contributed by atoms with Crippen LogP contribution < -0.4 is 0 Å². The van der Waals surface area contributed by atoms with Gasteiger partial charge < -0.3 is 0 Å². The van der Waals surface area contributed by atoms with E-state index in [1.165, 1.54) is 4.88 Å². The molecule has 2 rings (SSSR count). The van der Waals surface area contributed by atoms with Crippen molar-refractivity contribution in [1.29, 1.82) is 0 Å². The summed E-state index contributed by atoms with van der Waals surface area (Å²) in [4.78, 5) is 9.90. The topological polar surface area (TPSA) is 25.8 Å². The van der Waals surface area contributed by atoms with Gasteiger partial charge in [0.2, 0.25) is 0 Å². The van der Waals surface area contributed by atoms with Gasteiger partial charge in [0.05, 0.1) is 5.69 Å². The van der Waals surface area contributed by atoms with Gasteiger partial charge in [-0.15, -0.1) is 11.3 Å². The highest BCUT2D eigenvalue weighted by atomic mass is 32.1. The molecule has 0 spiro atoms. The summed E-state index contributed by atoms with van der Waals surface area (Å²) in [5.41, 5.74) is 2.13. The monoisotopic (exact) mass is 250 g/mol. The summed E-state index contributed by atoms with van der Waals surface area (Å²) >= 11 is 6.29. The maximum atomic E-state index is 4.59. The van der Waals surface area contributed by atoms with Gasteiger partial charge in [-0.25, -0.2) is 4.98 Å². The van der Waals surface area contributed by atoms with E-state index in [1.54, 1.807) is 17.5 Å². The van der Waals surface area contributed by atoms with Crippen LogP contribution in [-0.4, -0.2) is 9.97 Å². The van der Waals surface area contributed by atoms with Crippen molar-refractivity contribution in [1.82, 2.24) is 9.97 Å². The Kier molecular flexibility index (Phi) is 3.04. The zero-order chi connectivity index (χ0) is 11.8. The molecule has 0 aliphatic carbocycles. The van der Waals surface area contributed by atoms with Gasteiger partial charge in [0.25, 0.3) is 0 Å². The summed E-state index contributed by atoms with van der Waals surface area (Å²) < 4.78 is -0.137. The molecule has 0 bridgehead atoms. The molecule has 0 amide bonds. The third-order valence-corrected chi connectivity index (χ3v) is 4.17. The molecule has 0 fully saturated rings. The Labute approximate surface area is 105 Å². The average Bonchev–Trinajstić information content (AvgIpc) is 2.61. The number of hydrogen-bond acceptors (Lipinski definition) is 4. The Morgan fingerprint density at radius 2 is 2.12 bits per heavy atom. The SMILES string of the molecule is Cc1nc(-c2cccnc2)sc1C(C)(C)S. The van der Waals surface area contributed by atoms with Crippen LogP contribution >= 0.6 is 24.0 Å². The fourth-order valence-electron chi connectivity index (χ4n) is 1.58. The van der Waals surface area contributed by atoms with Gasteiger partial charge in [0.1, 0.15) is 5.01 Å². The normalized spacial score (nSPS) is 11.8. The number of aromatic nitrogens is 2. The van der Waals surface area contributed by atoms with Crippen LogP contribution in [0.2, 0.25) is 0 Å². The van der Waals surface area contributed by atoms with Crippen molar-refractivity contribution in [3.05, 3.63) is 35.1 Å². The summed E-state index contributed by atoms with van der Waals surface area (Å²) in [5.74, 6) is 0. The maximum absolute atomic E-state index is 4.59. The molecule has 2 aromatic rings. The molecule has 2 nitrogen and oxygen atoms in total. The largest absolute Gasteiger partial charge is 0.264 e. The number of aryl methyl sites for hydroxylation is 1. The third kappa shape index (κ3) is 2.28. The number of thiol groups is 1. The van der Waals surface area contributed by atoms with E-state index in [9.17, 15) is 0 Å². The van der Waals surface area contributed by atoms with Crippen LogP contribution in [0.25, 0.3) is 10.6 Å². The van der Waals surface area contributed by atoms with Gasteiger partial charge in [0.15, 0.2) is 0 Å². The molecule has 0 radical (unpaired) electrons. The molecule has 0 saturated heterocycles. The number of thiazole rings is 1. The Morgan fingerprint density at radius 1 is 1.38 bits per heavy atom. The van der Waals surface area contributed by atoms with Gasteiger partial charge in [-0.05, 0) is 32.9 Å². The minimum atomic E-state index is -0.137. The van der Waals surface area contributed by atoms with E-state index in [-0.39, 0.29) is 4.75 Å². The quantitative estimate of drug-likeness (QED) is 0.823. The smallest absolute Gasteiger partial charge is 0.125 e. The van der Waals surface area contributed by atoms with Crippen molar-refractivity contribution in [3.63, 3.8) is 0 Å². The second-order valence-corrected chi connectivity index (χ2v) is 6.35. The summed E-state index contributed by atoms with van der Waals surface area (Å²) in [6.45, 7) is 6.21. The van der Waals surface area contributed by atoms with Crippen molar-refractivity contribution in [2.24, 2.45) is 0 Å². The first kappa shape index (κ1) is 11.6. The van der Waals surface area contributed by atoms with Gasteiger partial charge in [-0.3, -0.25) is 4.98 Å². The van der Waals surface area contributed by atoms with Gasteiger partial charge in [0, 0.05) is 27.6 Å². The predicted octanol–water partition coefficient (Wildman–Crippen LogP) is 3.68. The van der Waals surface area contributed by atoms with E-state index in [0.29, 0.717) is 0 Å². The summed E-state index contributed by atoms with van der Waals surface area (Å²) in [5, 5.41) is 1.02. The summed E-state index contributed by atoms with van der Waals surface area (Å²) in [7, 11) is 0. The molecule has 0 atom stereocenters. The van der Waals surface area contributed by atoms with Crippen LogP contribution in [-0.2, 0) is 4.75 Å². The zero-order valence-electron chi connectivity index (χ0n) is 9.56. The third-order valence-electron chi connectivity index (χ3n) is 2.26. The van der Waals surface area contributed by atoms with Crippen LogP contribution in [0, 0.1) is 6.92 Å². The fourth-order valence-corrected chi connectivity index (χ4v) is 2.93. The Hall–Kier alpha value is -0.870. The van der Waals surface area contributed by atoms with Gasteiger partial charge >= 0.3 is 0 Å². The van der Waals surface area contributed by atoms with Crippen molar-refractivity contribution >= 4 is 24.0 Å². The number of pyridine rings is 1. The lowest BCUT2D eigenvalue weighted by Gasteiger charge is -2.15. The van der Waals surface area contributed by atoms with E-state index in [1.807, 2.05) is 25.3 Å². The Morgan fingerprint density at radius 3 is 2.62 bits per heavy atom. The second kappa shape index (κ2) is 4.18. The first-order valence-electron chi connectivity index (χ1n) is 5.09. The number of hydrogen-bond donors (Lipinski definition) is 1. The van der Waals surface area contributed by atoms with Crippen LogP contribution in [0.1, 0.15) is 24.4 Å². The molecule has 0 aliphatic heterocycles. The molecule has 0 aromatic carbocycles. The minimum Gasteiger partial charge on any atom is -0.264 e. The van der Waals surface area contributed by atoms with E-state index < -0.39 is 0 Å². The molecule has 0 aliphatic rings. The molecule has 0 saturated carbocycles. The molecule has 0 N–H and O–H groups in total. The fraction of sp³-hybridized carbons (Fsp3) is 0.333. The number of nitrogens with zero attached hydrogens (tertiary/aromatic N) is 2. The molecule has 0 unspecified atom stereocenters.